The van der Waals surface area contributed by atoms with Gasteiger partial charge in [0.2, 0.25) is 5.91 Å². The first-order chi connectivity index (χ1) is 14.9. The molecule has 0 aromatic heterocycles. The molecule has 8 heteroatoms. The summed E-state index contributed by atoms with van der Waals surface area (Å²) >= 11 is 0. The van der Waals surface area contributed by atoms with Crippen LogP contribution in [0.5, 0.6) is 0 Å². The highest BCUT2D eigenvalue weighted by Crippen LogP contribution is 2.61. The summed E-state index contributed by atoms with van der Waals surface area (Å²) in [6.07, 6.45) is 6.77. The smallest absolute Gasteiger partial charge is 0.269 e. The van der Waals surface area contributed by atoms with Gasteiger partial charge in [-0.25, -0.2) is 0 Å². The minimum Gasteiger partial charge on any atom is -0.378 e. The van der Waals surface area contributed by atoms with Gasteiger partial charge in [0, 0.05) is 36.2 Å². The molecule has 0 spiro atoms. The molecule has 0 radical (unpaired) electrons. The fourth-order valence-electron chi connectivity index (χ4n) is 6.92. The number of morpholine rings is 1. The third kappa shape index (κ3) is 3.82. The summed E-state index contributed by atoms with van der Waals surface area (Å²) in [5.41, 5.74) is 0.106. The van der Waals surface area contributed by atoms with Gasteiger partial charge in [-0.2, -0.15) is 0 Å². The van der Waals surface area contributed by atoms with Gasteiger partial charge >= 0.3 is 0 Å². The van der Waals surface area contributed by atoms with Crippen molar-refractivity contribution >= 4 is 17.5 Å². The third-order valence-corrected chi connectivity index (χ3v) is 7.88. The minimum atomic E-state index is -0.554. The number of nitro groups is 1. The van der Waals surface area contributed by atoms with Crippen LogP contribution in [-0.4, -0.2) is 54.0 Å². The first-order valence-corrected chi connectivity index (χ1v) is 11.4. The monoisotopic (exact) mass is 427 g/mol. The van der Waals surface area contributed by atoms with Crippen molar-refractivity contribution in [1.82, 2.24) is 10.2 Å². The second-order valence-electron chi connectivity index (χ2n) is 9.93. The van der Waals surface area contributed by atoms with E-state index in [1.54, 1.807) is 0 Å². The molecule has 4 saturated carbocycles. The van der Waals surface area contributed by atoms with Gasteiger partial charge in [-0.3, -0.25) is 19.7 Å². The number of benzene rings is 1. The molecule has 8 nitrogen and oxygen atoms in total. The van der Waals surface area contributed by atoms with Gasteiger partial charge < -0.3 is 15.0 Å². The van der Waals surface area contributed by atoms with Crippen LogP contribution < -0.4 is 5.32 Å². The van der Waals surface area contributed by atoms with E-state index in [1.807, 2.05) is 4.90 Å². The van der Waals surface area contributed by atoms with E-state index in [4.69, 9.17) is 4.74 Å². The van der Waals surface area contributed by atoms with Crippen molar-refractivity contribution in [1.29, 1.82) is 0 Å². The number of nitrogens with one attached hydrogen (secondary N) is 1. The molecule has 1 atom stereocenters. The molecule has 1 aromatic rings. The van der Waals surface area contributed by atoms with E-state index >= 15 is 0 Å². The Morgan fingerprint density at radius 1 is 1.03 bits per heavy atom. The fraction of sp³-hybridized carbons (Fsp3) is 0.652. The topological polar surface area (TPSA) is 102 Å². The van der Waals surface area contributed by atoms with E-state index in [2.05, 4.69) is 5.32 Å². The van der Waals surface area contributed by atoms with Crippen LogP contribution in [0.2, 0.25) is 0 Å². The number of ether oxygens (including phenoxy) is 1. The zero-order chi connectivity index (χ0) is 21.6. The molecule has 1 heterocycles. The Balaban J connectivity index is 1.42. The Kier molecular flexibility index (Phi) is 5.20. The van der Waals surface area contributed by atoms with Gasteiger partial charge in [-0.05, 0) is 68.4 Å². The maximum Gasteiger partial charge on any atom is 0.269 e. The number of non-ortho nitro benzene ring substituents is 1. The van der Waals surface area contributed by atoms with Crippen LogP contribution in [0.15, 0.2) is 24.3 Å². The predicted octanol–water partition coefficient (Wildman–Crippen LogP) is 2.77. The number of carbonyl (C=O) groups is 2. The molecular weight excluding hydrogens is 398 g/mol. The molecule has 5 fully saturated rings. The van der Waals surface area contributed by atoms with Crippen LogP contribution in [-0.2, 0) is 9.53 Å². The maximum absolute atomic E-state index is 13.7. The fourth-order valence-corrected chi connectivity index (χ4v) is 6.92. The van der Waals surface area contributed by atoms with E-state index in [-0.39, 0.29) is 22.9 Å². The van der Waals surface area contributed by atoms with Crippen LogP contribution >= 0.6 is 0 Å². The van der Waals surface area contributed by atoms with Crippen LogP contribution in [0, 0.1) is 33.3 Å². The number of carbonyl (C=O) groups excluding carboxylic acids is 2. The zero-order valence-electron chi connectivity index (χ0n) is 17.6. The Labute approximate surface area is 181 Å². The maximum atomic E-state index is 13.7. The van der Waals surface area contributed by atoms with Gasteiger partial charge in [0.15, 0.2) is 0 Å². The molecule has 5 aliphatic rings. The first kappa shape index (κ1) is 20.4. The van der Waals surface area contributed by atoms with Crippen molar-refractivity contribution in [2.45, 2.75) is 44.6 Å². The summed E-state index contributed by atoms with van der Waals surface area (Å²) in [6, 6.07) is 5.03. The Morgan fingerprint density at radius 3 is 2.10 bits per heavy atom. The van der Waals surface area contributed by atoms with Gasteiger partial charge in [0.1, 0.15) is 6.04 Å². The second-order valence-corrected chi connectivity index (χ2v) is 9.93. The van der Waals surface area contributed by atoms with E-state index in [0.717, 1.165) is 19.3 Å². The normalized spacial score (nSPS) is 32.5. The number of nitrogens with zero attached hydrogens (tertiary/aromatic N) is 2. The number of amides is 2. The molecule has 1 aromatic carbocycles. The lowest BCUT2D eigenvalue weighted by Gasteiger charge is -2.59. The predicted molar refractivity (Wildman–Crippen MR) is 112 cm³/mol. The summed E-state index contributed by atoms with van der Waals surface area (Å²) < 4.78 is 5.42. The van der Waals surface area contributed by atoms with Crippen molar-refractivity contribution in [3.05, 3.63) is 39.9 Å². The molecule has 6 rings (SSSR count). The van der Waals surface area contributed by atoms with Gasteiger partial charge in [-0.1, -0.05) is 0 Å². The van der Waals surface area contributed by atoms with Crippen molar-refractivity contribution in [3.63, 3.8) is 0 Å². The quantitative estimate of drug-likeness (QED) is 0.575. The highest BCUT2D eigenvalue weighted by Gasteiger charge is 2.57. The lowest BCUT2D eigenvalue weighted by Crippen LogP contribution is -2.63. The molecular formula is C23H29N3O5. The molecule has 4 bridgehead atoms. The van der Waals surface area contributed by atoms with Gasteiger partial charge in [-0.15, -0.1) is 0 Å². The van der Waals surface area contributed by atoms with Crippen LogP contribution in [0.25, 0.3) is 0 Å². The molecule has 1 aliphatic heterocycles. The molecule has 1 N–H and O–H groups in total. The van der Waals surface area contributed by atoms with Crippen molar-refractivity contribution in [2.24, 2.45) is 23.2 Å². The van der Waals surface area contributed by atoms with E-state index in [0.29, 0.717) is 49.6 Å². The van der Waals surface area contributed by atoms with E-state index < -0.39 is 11.0 Å². The van der Waals surface area contributed by atoms with Gasteiger partial charge in [0.25, 0.3) is 11.6 Å². The summed E-state index contributed by atoms with van der Waals surface area (Å²) in [7, 11) is 0. The average Bonchev–Trinajstić information content (AvgIpc) is 2.76. The molecule has 1 unspecified atom stereocenters. The van der Waals surface area contributed by atoms with Crippen LogP contribution in [0.3, 0.4) is 0 Å². The minimum absolute atomic E-state index is 0.000474. The molecule has 1 saturated heterocycles. The average molecular weight is 428 g/mol. The Hall–Kier alpha value is -2.48. The van der Waals surface area contributed by atoms with E-state index in [9.17, 15) is 19.7 Å². The summed E-state index contributed by atoms with van der Waals surface area (Å²) in [5, 5.41) is 14.0. The number of rotatable bonds is 5. The summed E-state index contributed by atoms with van der Waals surface area (Å²) in [4.78, 5) is 39.1. The van der Waals surface area contributed by atoms with Crippen molar-refractivity contribution in [2.75, 3.05) is 26.3 Å². The van der Waals surface area contributed by atoms with Gasteiger partial charge in [0.05, 0.1) is 18.1 Å². The largest absolute Gasteiger partial charge is 0.378 e. The van der Waals surface area contributed by atoms with E-state index in [1.165, 1.54) is 43.5 Å². The SMILES string of the molecule is O=C(NC(C(=O)N1CCOCC1)C12CC3CC(CC(C3)C1)C2)c1ccc([N+](=O)[O-])cc1. The standard InChI is InChI=1S/C23H29N3O5/c27-21(18-1-3-19(4-2-18)26(29)30)24-20(22(28)25-5-7-31-8-6-25)23-12-15-9-16(13-23)11-17(10-15)14-23/h1-4,15-17,20H,5-14H2,(H,24,27). The second kappa shape index (κ2) is 7.89. The Bertz CT molecular complexity index is 842. The zero-order valence-corrected chi connectivity index (χ0v) is 17.6. The number of nitro benzene ring substituents is 1. The summed E-state index contributed by atoms with van der Waals surface area (Å²) in [6.45, 7) is 2.15. The lowest BCUT2D eigenvalue weighted by molar-refractivity contribution is -0.384. The van der Waals surface area contributed by atoms with Crippen LogP contribution in [0.4, 0.5) is 5.69 Å². The summed E-state index contributed by atoms with van der Waals surface area (Å²) in [5.74, 6) is 1.63. The number of hydrogen-bond acceptors (Lipinski definition) is 5. The molecule has 31 heavy (non-hydrogen) atoms. The highest BCUT2D eigenvalue weighted by atomic mass is 16.6. The van der Waals surface area contributed by atoms with Crippen molar-refractivity contribution in [3.8, 4) is 0 Å². The van der Waals surface area contributed by atoms with Crippen LogP contribution in [0.1, 0.15) is 48.9 Å². The molecule has 166 valence electrons. The first-order valence-electron chi connectivity index (χ1n) is 11.4. The lowest BCUT2D eigenvalue weighted by atomic mass is 9.47. The number of hydrogen-bond donors (Lipinski definition) is 1. The van der Waals surface area contributed by atoms with Crippen molar-refractivity contribution < 1.29 is 19.2 Å². The molecule has 2 amide bonds. The Morgan fingerprint density at radius 2 is 1.58 bits per heavy atom. The third-order valence-electron chi connectivity index (χ3n) is 7.88. The molecule has 4 aliphatic carbocycles. The highest BCUT2D eigenvalue weighted by molar-refractivity contribution is 5.98.